The summed E-state index contributed by atoms with van der Waals surface area (Å²) in [5.41, 5.74) is -0.852. The Bertz CT molecular complexity index is 1400. The molecule has 0 saturated carbocycles. The lowest BCUT2D eigenvalue weighted by atomic mass is 9.88. The Morgan fingerprint density at radius 1 is 1.05 bits per heavy atom. The number of likely N-dealkylation sites (N-methyl/N-ethyl adjacent to an activating group) is 1. The molecule has 41 heavy (non-hydrogen) atoms. The van der Waals surface area contributed by atoms with Gasteiger partial charge >= 0.3 is 12.0 Å². The molecule has 0 aliphatic carbocycles. The van der Waals surface area contributed by atoms with Gasteiger partial charge in [0.15, 0.2) is 0 Å². The Balaban J connectivity index is 1.51. The fourth-order valence-electron chi connectivity index (χ4n) is 4.85. The minimum Gasteiger partial charge on any atom is -0.478 e. The fraction of sp³-hybridized carbons (Fsp3) is 0.286. The van der Waals surface area contributed by atoms with Crippen LogP contribution >= 0.6 is 11.8 Å². The van der Waals surface area contributed by atoms with Gasteiger partial charge in [-0.25, -0.2) is 9.59 Å². The standard InChI is InChI=1S/C28H29N5O7S/c1-27(2)28(25(38)39,29-16-34)33-23(37)21(24(33)41-27)30-22(36)20(18-12-8-5-9-13-18)31-26(40)32(3)19(35)15-14-17-10-6-4-7-11-17/h4-16,20-21,24H,1-3H3,(H,29,34)(H,30,36)(H,31,40)(H,38,39)/t20?,21-,24-,28+/m1/s1. The van der Waals surface area contributed by atoms with Crippen molar-refractivity contribution in [2.24, 2.45) is 0 Å². The van der Waals surface area contributed by atoms with Crippen LogP contribution in [0.3, 0.4) is 0 Å². The molecule has 2 fully saturated rings. The number of imide groups is 1. The fourth-order valence-corrected chi connectivity index (χ4v) is 6.56. The number of hydrogen-bond donors (Lipinski definition) is 4. The topological polar surface area (TPSA) is 165 Å². The molecular formula is C28H29N5O7S. The van der Waals surface area contributed by atoms with Crippen LogP contribution in [0.4, 0.5) is 4.79 Å². The monoisotopic (exact) mass is 579 g/mol. The predicted molar refractivity (Wildman–Crippen MR) is 150 cm³/mol. The summed E-state index contributed by atoms with van der Waals surface area (Å²) >= 11 is 1.12. The number of thioether (sulfide) groups is 1. The molecule has 6 amide bonds. The lowest BCUT2D eigenvalue weighted by Gasteiger charge is -2.49. The van der Waals surface area contributed by atoms with Gasteiger partial charge in [-0.15, -0.1) is 11.8 Å². The van der Waals surface area contributed by atoms with Gasteiger partial charge in [0.25, 0.3) is 11.8 Å². The number of urea groups is 1. The van der Waals surface area contributed by atoms with E-state index >= 15 is 0 Å². The summed E-state index contributed by atoms with van der Waals surface area (Å²) in [5, 5.41) is 16.6. The number of carboxylic acid groups (broad SMARTS) is 1. The molecule has 0 radical (unpaired) electrons. The smallest absolute Gasteiger partial charge is 0.352 e. The minimum atomic E-state index is -2.01. The zero-order valence-electron chi connectivity index (χ0n) is 22.4. The molecule has 0 aromatic heterocycles. The van der Waals surface area contributed by atoms with Crippen molar-refractivity contribution in [3.8, 4) is 0 Å². The number of β-lactam (4-membered cyclic amide) rings is 1. The van der Waals surface area contributed by atoms with Crippen molar-refractivity contribution in [2.45, 2.75) is 41.7 Å². The Morgan fingerprint density at radius 2 is 1.66 bits per heavy atom. The predicted octanol–water partition coefficient (Wildman–Crippen LogP) is 1.31. The van der Waals surface area contributed by atoms with Crippen LogP contribution in [0.5, 0.6) is 0 Å². The van der Waals surface area contributed by atoms with Gasteiger partial charge in [-0.1, -0.05) is 60.7 Å². The van der Waals surface area contributed by atoms with Gasteiger partial charge in [-0.05, 0) is 31.1 Å². The van der Waals surface area contributed by atoms with E-state index in [0.717, 1.165) is 27.1 Å². The molecule has 2 aliphatic heterocycles. The number of benzene rings is 2. The van der Waals surface area contributed by atoms with E-state index in [1.807, 2.05) is 6.07 Å². The maximum absolute atomic E-state index is 13.5. The van der Waals surface area contributed by atoms with Crippen molar-refractivity contribution >= 4 is 54.0 Å². The third-order valence-corrected chi connectivity index (χ3v) is 8.69. The molecule has 4 N–H and O–H groups in total. The number of aliphatic carboxylic acids is 1. The molecule has 0 bridgehead atoms. The van der Waals surface area contributed by atoms with E-state index in [9.17, 15) is 33.9 Å². The quantitative estimate of drug-likeness (QED) is 0.196. The third kappa shape index (κ3) is 5.27. The Hall–Kier alpha value is -4.65. The molecule has 2 aromatic carbocycles. The van der Waals surface area contributed by atoms with E-state index in [-0.39, 0.29) is 6.41 Å². The number of hydrogen-bond acceptors (Lipinski definition) is 7. The highest BCUT2D eigenvalue weighted by Gasteiger charge is 2.73. The van der Waals surface area contributed by atoms with Gasteiger partial charge in [0.1, 0.15) is 17.5 Å². The lowest BCUT2D eigenvalue weighted by Crippen LogP contribution is -2.79. The second-order valence-electron chi connectivity index (χ2n) is 9.93. The van der Waals surface area contributed by atoms with E-state index in [4.69, 9.17) is 0 Å². The molecule has 2 saturated heterocycles. The van der Waals surface area contributed by atoms with Crippen LogP contribution < -0.4 is 16.0 Å². The van der Waals surface area contributed by atoms with Crippen LogP contribution in [0.1, 0.15) is 31.0 Å². The third-order valence-electron chi connectivity index (χ3n) is 7.08. The Labute approximate surface area is 240 Å². The molecule has 2 aromatic rings. The number of carboxylic acids is 1. The van der Waals surface area contributed by atoms with Crippen LogP contribution in [0.25, 0.3) is 6.08 Å². The van der Waals surface area contributed by atoms with Gasteiger partial charge in [-0.3, -0.25) is 29.0 Å². The maximum atomic E-state index is 13.5. The molecule has 4 atom stereocenters. The van der Waals surface area contributed by atoms with Crippen molar-refractivity contribution in [2.75, 3.05) is 7.05 Å². The zero-order chi connectivity index (χ0) is 29.9. The van der Waals surface area contributed by atoms with Gasteiger partial charge in [0.2, 0.25) is 18.0 Å². The average Bonchev–Trinajstić information content (AvgIpc) is 3.18. The second-order valence-corrected chi connectivity index (χ2v) is 11.7. The molecule has 12 nitrogen and oxygen atoms in total. The molecule has 2 heterocycles. The Kier molecular flexibility index (Phi) is 8.19. The Morgan fingerprint density at radius 3 is 2.24 bits per heavy atom. The number of nitrogens with one attached hydrogen (secondary N) is 3. The molecule has 1 unspecified atom stereocenters. The number of fused-ring (bicyclic) bond motifs is 1. The molecule has 4 rings (SSSR count). The van der Waals surface area contributed by atoms with Crippen LogP contribution in [0, 0.1) is 0 Å². The summed E-state index contributed by atoms with van der Waals surface area (Å²) in [6, 6.07) is 14.0. The van der Waals surface area contributed by atoms with Crippen molar-refractivity contribution in [3.63, 3.8) is 0 Å². The van der Waals surface area contributed by atoms with Crippen LogP contribution in [0.2, 0.25) is 0 Å². The van der Waals surface area contributed by atoms with Gasteiger partial charge in [0, 0.05) is 13.1 Å². The van der Waals surface area contributed by atoms with Crippen molar-refractivity contribution < 1.29 is 33.9 Å². The molecule has 214 valence electrons. The summed E-state index contributed by atoms with van der Waals surface area (Å²) in [6.07, 6.45) is 3.01. The number of rotatable bonds is 9. The maximum Gasteiger partial charge on any atom is 0.352 e. The first kappa shape index (κ1) is 29.3. The second kappa shape index (κ2) is 11.5. The van der Waals surface area contributed by atoms with Crippen LogP contribution in [-0.4, -0.2) is 79.9 Å². The number of amides is 6. The normalized spacial score (nSPS) is 23.1. The number of carbonyl (C=O) groups is 6. The number of nitrogens with zero attached hydrogens (tertiary/aromatic N) is 2. The van der Waals surface area contributed by atoms with E-state index in [0.29, 0.717) is 5.56 Å². The van der Waals surface area contributed by atoms with E-state index in [1.165, 1.54) is 13.1 Å². The molecule has 13 heteroatoms. The summed E-state index contributed by atoms with van der Waals surface area (Å²) < 4.78 is -1.14. The van der Waals surface area contributed by atoms with Crippen molar-refractivity contribution in [3.05, 3.63) is 77.9 Å². The van der Waals surface area contributed by atoms with Crippen LogP contribution in [0.15, 0.2) is 66.7 Å². The first-order valence-electron chi connectivity index (χ1n) is 12.6. The van der Waals surface area contributed by atoms with Gasteiger partial charge in [0.05, 0.1) is 4.75 Å². The highest BCUT2D eigenvalue weighted by molar-refractivity contribution is 8.01. The summed E-state index contributed by atoms with van der Waals surface area (Å²) in [4.78, 5) is 77.7. The average molecular weight is 580 g/mol. The van der Waals surface area contributed by atoms with Crippen molar-refractivity contribution in [1.82, 2.24) is 25.8 Å². The lowest BCUT2D eigenvalue weighted by molar-refractivity contribution is -0.175. The molecular weight excluding hydrogens is 550 g/mol. The zero-order valence-corrected chi connectivity index (χ0v) is 23.3. The van der Waals surface area contributed by atoms with E-state index in [2.05, 4.69) is 16.0 Å². The summed E-state index contributed by atoms with van der Waals surface area (Å²) in [7, 11) is 1.27. The van der Waals surface area contributed by atoms with E-state index in [1.54, 1.807) is 74.5 Å². The highest BCUT2D eigenvalue weighted by Crippen LogP contribution is 2.55. The number of carbonyl (C=O) groups excluding carboxylic acids is 5. The summed E-state index contributed by atoms with van der Waals surface area (Å²) in [6.45, 7) is 3.16. The molecule has 2 aliphatic rings. The van der Waals surface area contributed by atoms with Gasteiger partial charge in [-0.2, -0.15) is 0 Å². The van der Waals surface area contributed by atoms with E-state index < -0.39 is 57.6 Å². The van der Waals surface area contributed by atoms with Crippen molar-refractivity contribution in [1.29, 1.82) is 0 Å². The minimum absolute atomic E-state index is 0.228. The van der Waals surface area contributed by atoms with Crippen LogP contribution in [-0.2, 0) is 24.0 Å². The highest BCUT2D eigenvalue weighted by atomic mass is 32.2. The van der Waals surface area contributed by atoms with Gasteiger partial charge < -0.3 is 21.1 Å². The first-order valence-corrected chi connectivity index (χ1v) is 13.4. The largest absolute Gasteiger partial charge is 0.478 e. The molecule has 0 spiro atoms. The summed E-state index contributed by atoms with van der Waals surface area (Å²) in [5.74, 6) is -3.47. The first-order chi connectivity index (χ1) is 19.4. The SMILES string of the molecule is CN(C(=O)C=Cc1ccccc1)C(=O)NC(C(=O)N[C@@H]1C(=O)N2[C@@H]1SC(C)(C)[C@]2(NC=O)C(=O)O)c1ccccc1.